The Bertz CT molecular complexity index is 741. The van der Waals surface area contributed by atoms with Crippen LogP contribution < -0.4 is 0 Å². The van der Waals surface area contributed by atoms with Crippen LogP contribution in [0.3, 0.4) is 0 Å². The summed E-state index contributed by atoms with van der Waals surface area (Å²) in [5.74, 6) is -3.09. The molecule has 0 aromatic heterocycles. The van der Waals surface area contributed by atoms with Crippen molar-refractivity contribution in [3.05, 3.63) is 34.9 Å². The number of alkyl halides is 6. The molecule has 0 bridgehead atoms. The van der Waals surface area contributed by atoms with Gasteiger partial charge in [0, 0.05) is 5.82 Å². The van der Waals surface area contributed by atoms with E-state index in [2.05, 4.69) is 0 Å². The minimum atomic E-state index is -4.99. The van der Waals surface area contributed by atoms with E-state index in [0.717, 1.165) is 0 Å². The smallest absolute Gasteiger partial charge is 0.466 e. The average Bonchev–Trinajstić information content (AvgIpc) is 2.70. The zero-order chi connectivity index (χ0) is 21.7. The van der Waals surface area contributed by atoms with Gasteiger partial charge in [0.15, 0.2) is 0 Å². The normalized spacial score (nSPS) is 20.3. The fourth-order valence-corrected chi connectivity index (χ4v) is 2.90. The van der Waals surface area contributed by atoms with Gasteiger partial charge in [-0.05, 0) is 51.5 Å². The Morgan fingerprint density at radius 2 is 1.54 bits per heavy atom. The minimum Gasteiger partial charge on any atom is -0.481 e. The molecule has 0 amide bonds. The summed E-state index contributed by atoms with van der Waals surface area (Å²) in [7, 11) is -1.47. The summed E-state index contributed by atoms with van der Waals surface area (Å²) < 4.78 is 90.9. The lowest BCUT2D eigenvalue weighted by molar-refractivity contribution is -0.142. The number of hydrogen-bond donors (Lipinski definition) is 1. The lowest BCUT2D eigenvalue weighted by atomic mass is 9.65. The van der Waals surface area contributed by atoms with Crippen molar-refractivity contribution in [2.75, 3.05) is 0 Å². The van der Waals surface area contributed by atoms with Gasteiger partial charge in [-0.1, -0.05) is 0 Å². The van der Waals surface area contributed by atoms with Gasteiger partial charge >= 0.3 is 25.4 Å². The molecule has 0 saturated carbocycles. The highest BCUT2D eigenvalue weighted by Crippen LogP contribution is 2.45. The third kappa shape index (κ3) is 4.46. The Kier molecular flexibility index (Phi) is 5.59. The summed E-state index contributed by atoms with van der Waals surface area (Å²) in [5, 5.41) is 9.17. The van der Waals surface area contributed by atoms with Crippen molar-refractivity contribution in [3.63, 3.8) is 0 Å². The Balaban J connectivity index is 2.64. The number of carboxylic acid groups (broad SMARTS) is 1. The summed E-state index contributed by atoms with van der Waals surface area (Å²) in [6, 6.07) is 0.939. The maximum atomic E-state index is 13.5. The highest BCUT2D eigenvalue weighted by molar-refractivity contribution is 6.48. The molecular formula is C17H19BF6O4. The van der Waals surface area contributed by atoms with Gasteiger partial charge in [-0.2, -0.15) is 26.3 Å². The van der Waals surface area contributed by atoms with Gasteiger partial charge in [0.05, 0.1) is 28.7 Å². The first-order valence-electron chi connectivity index (χ1n) is 8.31. The Labute approximate surface area is 158 Å². The van der Waals surface area contributed by atoms with E-state index in [4.69, 9.17) is 9.31 Å². The number of carboxylic acids is 1. The lowest BCUT2D eigenvalue weighted by Crippen LogP contribution is -2.41. The molecule has 1 aliphatic rings. The molecule has 1 aromatic rings. The second-order valence-electron chi connectivity index (χ2n) is 7.63. The molecule has 1 unspecified atom stereocenters. The first-order valence-corrected chi connectivity index (χ1v) is 8.31. The number of rotatable bonds is 4. The maximum absolute atomic E-state index is 13.5. The summed E-state index contributed by atoms with van der Waals surface area (Å²) in [5.41, 5.74) is -5.52. The highest BCUT2D eigenvalue weighted by atomic mass is 19.4. The van der Waals surface area contributed by atoms with Gasteiger partial charge in [-0.25, -0.2) is 0 Å². The summed E-state index contributed by atoms with van der Waals surface area (Å²) >= 11 is 0. The van der Waals surface area contributed by atoms with Crippen LogP contribution in [-0.4, -0.2) is 29.4 Å². The third-order valence-corrected chi connectivity index (χ3v) is 5.08. The maximum Gasteiger partial charge on any atom is 0.466 e. The van der Waals surface area contributed by atoms with Crippen LogP contribution in [0.25, 0.3) is 0 Å². The van der Waals surface area contributed by atoms with Crippen LogP contribution in [0.1, 0.15) is 56.6 Å². The standard InChI is InChI=1S/C17H19BF6O4/c1-14(2)15(3,4)28-18(27-14)12(8-13(25)26)10-7-9(16(19,20)21)5-6-11(10)17(22,23)24/h5-7,12H,8H2,1-4H3,(H,25,26). The van der Waals surface area contributed by atoms with E-state index in [1.54, 1.807) is 27.7 Å². The predicted molar refractivity (Wildman–Crippen MR) is 87.5 cm³/mol. The van der Waals surface area contributed by atoms with E-state index in [1.807, 2.05) is 0 Å². The molecule has 1 N–H and O–H groups in total. The van der Waals surface area contributed by atoms with Gasteiger partial charge in [-0.15, -0.1) is 0 Å². The molecule has 0 radical (unpaired) electrons. The van der Waals surface area contributed by atoms with E-state index >= 15 is 0 Å². The number of carbonyl (C=O) groups is 1. The second-order valence-corrected chi connectivity index (χ2v) is 7.63. The van der Waals surface area contributed by atoms with E-state index in [0.29, 0.717) is 18.2 Å². The van der Waals surface area contributed by atoms with Crippen molar-refractivity contribution in [1.82, 2.24) is 0 Å². The SMILES string of the molecule is CC1(C)OB(C(CC(=O)O)c2cc(C(F)(F)F)ccc2C(F)(F)F)OC1(C)C. The predicted octanol–water partition coefficient (Wildman–Crippen LogP) is 4.91. The topological polar surface area (TPSA) is 55.8 Å². The lowest BCUT2D eigenvalue weighted by Gasteiger charge is -2.32. The molecule has 2 rings (SSSR count). The monoisotopic (exact) mass is 412 g/mol. The van der Waals surface area contributed by atoms with Crippen molar-refractivity contribution < 1.29 is 45.6 Å². The third-order valence-electron chi connectivity index (χ3n) is 5.08. The van der Waals surface area contributed by atoms with E-state index in [9.17, 15) is 36.2 Å². The van der Waals surface area contributed by atoms with Crippen LogP contribution in [0.15, 0.2) is 18.2 Å². The fourth-order valence-electron chi connectivity index (χ4n) is 2.90. The van der Waals surface area contributed by atoms with Crippen molar-refractivity contribution >= 4 is 13.1 Å². The summed E-state index contributed by atoms with van der Waals surface area (Å²) in [6.07, 6.45) is -10.8. The molecule has 11 heteroatoms. The molecule has 4 nitrogen and oxygen atoms in total. The molecule has 1 aliphatic heterocycles. The zero-order valence-electron chi connectivity index (χ0n) is 15.5. The van der Waals surface area contributed by atoms with Crippen molar-refractivity contribution in [1.29, 1.82) is 0 Å². The van der Waals surface area contributed by atoms with E-state index in [1.165, 1.54) is 0 Å². The second kappa shape index (κ2) is 6.94. The molecule has 1 heterocycles. The minimum absolute atomic E-state index is 0.304. The molecule has 1 saturated heterocycles. The van der Waals surface area contributed by atoms with E-state index < -0.39 is 65.6 Å². The van der Waals surface area contributed by atoms with Crippen LogP contribution in [0.2, 0.25) is 0 Å². The molecule has 28 heavy (non-hydrogen) atoms. The van der Waals surface area contributed by atoms with Crippen molar-refractivity contribution in [3.8, 4) is 0 Å². The molecule has 0 spiro atoms. The van der Waals surface area contributed by atoms with Gasteiger partial charge in [0.1, 0.15) is 0 Å². The summed E-state index contributed by atoms with van der Waals surface area (Å²) in [6.45, 7) is 6.40. The molecule has 1 aromatic carbocycles. The Morgan fingerprint density at radius 1 is 1.04 bits per heavy atom. The number of halogens is 6. The van der Waals surface area contributed by atoms with Gasteiger partial charge in [0.2, 0.25) is 0 Å². The van der Waals surface area contributed by atoms with Gasteiger partial charge in [0.25, 0.3) is 0 Å². The molecule has 0 aliphatic carbocycles. The zero-order valence-corrected chi connectivity index (χ0v) is 15.5. The average molecular weight is 412 g/mol. The van der Waals surface area contributed by atoms with Gasteiger partial charge < -0.3 is 14.4 Å². The van der Waals surface area contributed by atoms with E-state index in [-0.39, 0.29) is 0 Å². The van der Waals surface area contributed by atoms with Gasteiger partial charge in [-0.3, -0.25) is 4.79 Å². The number of aliphatic carboxylic acids is 1. The Morgan fingerprint density at radius 3 is 1.93 bits per heavy atom. The van der Waals surface area contributed by atoms with Crippen molar-refractivity contribution in [2.45, 2.75) is 63.5 Å². The van der Waals surface area contributed by atoms with Crippen LogP contribution in [0, 0.1) is 0 Å². The Hall–Kier alpha value is -1.75. The van der Waals surface area contributed by atoms with Crippen LogP contribution in [0.4, 0.5) is 26.3 Å². The fraction of sp³-hybridized carbons (Fsp3) is 0.588. The molecule has 1 atom stereocenters. The number of benzene rings is 1. The highest BCUT2D eigenvalue weighted by Gasteiger charge is 2.55. The van der Waals surface area contributed by atoms with Crippen molar-refractivity contribution in [2.24, 2.45) is 0 Å². The quantitative estimate of drug-likeness (QED) is 0.564. The number of hydrogen-bond acceptors (Lipinski definition) is 3. The molecular weight excluding hydrogens is 393 g/mol. The van der Waals surface area contributed by atoms with Crippen LogP contribution in [-0.2, 0) is 26.5 Å². The largest absolute Gasteiger partial charge is 0.481 e. The molecule has 156 valence electrons. The van der Waals surface area contributed by atoms with Crippen LogP contribution >= 0.6 is 0 Å². The van der Waals surface area contributed by atoms with Crippen LogP contribution in [0.5, 0.6) is 0 Å². The first kappa shape index (κ1) is 22.5. The molecule has 1 fully saturated rings. The first-order chi connectivity index (χ1) is 12.5. The summed E-state index contributed by atoms with van der Waals surface area (Å²) in [4.78, 5) is 11.3.